The zero-order chi connectivity index (χ0) is 15.1. The van der Waals surface area contributed by atoms with Gasteiger partial charge in [0.05, 0.1) is 12.3 Å². The van der Waals surface area contributed by atoms with Crippen LogP contribution in [0, 0.1) is 11.8 Å². The lowest BCUT2D eigenvalue weighted by Crippen LogP contribution is -2.27. The van der Waals surface area contributed by atoms with Crippen molar-refractivity contribution in [2.24, 2.45) is 11.8 Å². The first-order chi connectivity index (χ1) is 10.8. The Labute approximate surface area is 129 Å². The normalized spacial score (nSPS) is 26.5. The summed E-state index contributed by atoms with van der Waals surface area (Å²) in [5.41, 5.74) is 2.22. The smallest absolute Gasteiger partial charge is 0.341 e. The van der Waals surface area contributed by atoms with Crippen LogP contribution in [0.1, 0.15) is 43.0 Å². The van der Waals surface area contributed by atoms with Crippen LogP contribution in [0.15, 0.2) is 18.5 Å². The minimum atomic E-state index is -0.302. The predicted molar refractivity (Wildman–Crippen MR) is 84.9 cm³/mol. The molecule has 2 aliphatic carbocycles. The van der Waals surface area contributed by atoms with Crippen molar-refractivity contribution in [3.8, 4) is 0 Å². The summed E-state index contributed by atoms with van der Waals surface area (Å²) in [6, 6.07) is 2.44. The van der Waals surface area contributed by atoms with Gasteiger partial charge in [0, 0.05) is 23.8 Å². The molecule has 2 saturated carbocycles. The number of aromatic amines is 1. The monoisotopic (exact) mass is 299 g/mol. The number of H-pyrrole nitrogens is 1. The molecule has 22 heavy (non-hydrogen) atoms. The summed E-state index contributed by atoms with van der Waals surface area (Å²) in [6.45, 7) is 2.20. The van der Waals surface area contributed by atoms with Crippen molar-refractivity contribution in [1.82, 2.24) is 9.97 Å². The first-order valence-electron chi connectivity index (χ1n) is 8.16. The van der Waals surface area contributed by atoms with E-state index in [4.69, 9.17) is 4.74 Å². The molecule has 4 rings (SSSR count). The maximum absolute atomic E-state index is 12.3. The fraction of sp³-hybridized carbons (Fsp3) is 0.529. The first kappa shape index (κ1) is 13.6. The van der Waals surface area contributed by atoms with Crippen LogP contribution in [0.3, 0.4) is 0 Å². The van der Waals surface area contributed by atoms with Gasteiger partial charge in [0.25, 0.3) is 0 Å². The zero-order valence-corrected chi connectivity index (χ0v) is 12.8. The third-order valence-electron chi connectivity index (χ3n) is 5.15. The molecule has 2 N–H and O–H groups in total. The van der Waals surface area contributed by atoms with E-state index >= 15 is 0 Å². The molecule has 0 radical (unpaired) electrons. The number of hydrogen-bond donors (Lipinski definition) is 2. The van der Waals surface area contributed by atoms with E-state index in [0.29, 0.717) is 18.2 Å². The standard InChI is InChI=1S/C17H21N3O2/c1-2-22-17(21)13-9-19-16-12(5-6-18-16)15(13)20-14-8-10-3-4-11(14)7-10/h5-6,9-11,14H,2-4,7-8H2,1H3,(H2,18,19,20)/t10-,11+,14+/m1/s1. The first-order valence-corrected chi connectivity index (χ1v) is 8.16. The topological polar surface area (TPSA) is 67.0 Å². The van der Waals surface area contributed by atoms with E-state index in [-0.39, 0.29) is 5.97 Å². The molecule has 0 aromatic carbocycles. The van der Waals surface area contributed by atoms with E-state index in [1.807, 2.05) is 19.2 Å². The molecule has 0 saturated heterocycles. The fourth-order valence-electron chi connectivity index (χ4n) is 4.13. The molecule has 2 aromatic heterocycles. The summed E-state index contributed by atoms with van der Waals surface area (Å²) in [4.78, 5) is 19.7. The lowest BCUT2D eigenvalue weighted by Gasteiger charge is -2.25. The number of hydrogen-bond acceptors (Lipinski definition) is 4. The number of nitrogens with zero attached hydrogens (tertiary/aromatic N) is 1. The molecular weight excluding hydrogens is 278 g/mol. The summed E-state index contributed by atoms with van der Waals surface area (Å²) in [5.74, 6) is 1.29. The van der Waals surface area contributed by atoms with E-state index in [2.05, 4.69) is 15.3 Å². The maximum atomic E-state index is 12.3. The molecule has 2 fully saturated rings. The average molecular weight is 299 g/mol. The molecular formula is C17H21N3O2. The van der Waals surface area contributed by atoms with E-state index in [1.54, 1.807) is 6.20 Å². The highest BCUT2D eigenvalue weighted by molar-refractivity contribution is 6.04. The van der Waals surface area contributed by atoms with Gasteiger partial charge in [0.15, 0.2) is 0 Å². The van der Waals surface area contributed by atoms with Crippen LogP contribution in [0.2, 0.25) is 0 Å². The second kappa shape index (κ2) is 5.30. The molecule has 0 spiro atoms. The van der Waals surface area contributed by atoms with Gasteiger partial charge in [-0.25, -0.2) is 9.78 Å². The molecule has 2 bridgehead atoms. The SMILES string of the molecule is CCOC(=O)c1cnc2[nH]ccc2c1N[C@H]1C[C@@H]2CC[C@H]1C2. The number of pyridine rings is 1. The van der Waals surface area contributed by atoms with Gasteiger partial charge in [-0.05, 0) is 44.1 Å². The van der Waals surface area contributed by atoms with Crippen molar-refractivity contribution in [3.05, 3.63) is 24.0 Å². The van der Waals surface area contributed by atoms with Crippen molar-refractivity contribution < 1.29 is 9.53 Å². The summed E-state index contributed by atoms with van der Waals surface area (Å²) in [6.07, 6.45) is 8.68. The Morgan fingerprint density at radius 3 is 3.09 bits per heavy atom. The largest absolute Gasteiger partial charge is 0.462 e. The number of carbonyl (C=O) groups is 1. The van der Waals surface area contributed by atoms with Crippen LogP contribution in [-0.2, 0) is 4.74 Å². The molecule has 2 aliphatic rings. The van der Waals surface area contributed by atoms with Crippen molar-refractivity contribution in [1.29, 1.82) is 0 Å². The fourth-order valence-corrected chi connectivity index (χ4v) is 4.13. The third-order valence-corrected chi connectivity index (χ3v) is 5.15. The Balaban J connectivity index is 1.71. The number of fused-ring (bicyclic) bond motifs is 3. The molecule has 116 valence electrons. The molecule has 2 heterocycles. The molecule has 0 amide bonds. The number of rotatable bonds is 4. The van der Waals surface area contributed by atoms with Gasteiger partial charge in [-0.15, -0.1) is 0 Å². The quantitative estimate of drug-likeness (QED) is 0.850. The molecule has 0 unspecified atom stereocenters. The summed E-state index contributed by atoms with van der Waals surface area (Å²) < 4.78 is 5.19. The lowest BCUT2D eigenvalue weighted by atomic mass is 9.94. The second-order valence-electron chi connectivity index (χ2n) is 6.43. The van der Waals surface area contributed by atoms with E-state index < -0.39 is 0 Å². The van der Waals surface area contributed by atoms with Crippen molar-refractivity contribution in [2.45, 2.75) is 38.6 Å². The number of carbonyl (C=O) groups excluding carboxylic acids is 1. The summed E-state index contributed by atoms with van der Waals surface area (Å²) in [7, 11) is 0. The molecule has 5 nitrogen and oxygen atoms in total. The average Bonchev–Trinajstić information content (AvgIpc) is 3.23. The van der Waals surface area contributed by atoms with Crippen LogP contribution >= 0.6 is 0 Å². The molecule has 5 heteroatoms. The number of esters is 1. The van der Waals surface area contributed by atoms with Crippen LogP contribution < -0.4 is 5.32 Å². The highest BCUT2D eigenvalue weighted by atomic mass is 16.5. The van der Waals surface area contributed by atoms with E-state index in [9.17, 15) is 4.79 Å². The van der Waals surface area contributed by atoms with Crippen molar-refractivity contribution >= 4 is 22.7 Å². The number of aromatic nitrogens is 2. The highest BCUT2D eigenvalue weighted by Crippen LogP contribution is 2.46. The summed E-state index contributed by atoms with van der Waals surface area (Å²) >= 11 is 0. The molecule has 3 atom stereocenters. The number of anilines is 1. The van der Waals surface area contributed by atoms with Crippen LogP contribution in [0.5, 0.6) is 0 Å². The predicted octanol–water partition coefficient (Wildman–Crippen LogP) is 3.34. The van der Waals surface area contributed by atoms with Crippen molar-refractivity contribution in [3.63, 3.8) is 0 Å². The second-order valence-corrected chi connectivity index (χ2v) is 6.43. The maximum Gasteiger partial charge on any atom is 0.341 e. The highest BCUT2D eigenvalue weighted by Gasteiger charge is 2.40. The lowest BCUT2D eigenvalue weighted by molar-refractivity contribution is 0.0527. The van der Waals surface area contributed by atoms with Gasteiger partial charge < -0.3 is 15.0 Å². The Morgan fingerprint density at radius 1 is 1.45 bits per heavy atom. The van der Waals surface area contributed by atoms with Gasteiger partial charge in [-0.1, -0.05) is 6.42 Å². The van der Waals surface area contributed by atoms with E-state index in [0.717, 1.165) is 28.6 Å². The van der Waals surface area contributed by atoms with Gasteiger partial charge >= 0.3 is 5.97 Å². The molecule has 0 aliphatic heterocycles. The number of nitrogens with one attached hydrogen (secondary N) is 2. The number of ether oxygens (including phenoxy) is 1. The van der Waals surface area contributed by atoms with Gasteiger partial charge in [0.1, 0.15) is 11.2 Å². The van der Waals surface area contributed by atoms with Crippen molar-refractivity contribution in [2.75, 3.05) is 11.9 Å². The Hall–Kier alpha value is -2.04. The van der Waals surface area contributed by atoms with Crippen LogP contribution in [0.4, 0.5) is 5.69 Å². The Morgan fingerprint density at radius 2 is 2.36 bits per heavy atom. The molecule has 2 aromatic rings. The Kier molecular flexibility index (Phi) is 3.28. The van der Waals surface area contributed by atoms with Gasteiger partial charge in [0.2, 0.25) is 0 Å². The van der Waals surface area contributed by atoms with Crippen LogP contribution in [-0.4, -0.2) is 28.6 Å². The van der Waals surface area contributed by atoms with Crippen LogP contribution in [0.25, 0.3) is 11.0 Å². The van der Waals surface area contributed by atoms with Gasteiger partial charge in [-0.3, -0.25) is 0 Å². The minimum Gasteiger partial charge on any atom is -0.462 e. The van der Waals surface area contributed by atoms with E-state index in [1.165, 1.54) is 25.7 Å². The Bertz CT molecular complexity index is 709. The minimum absolute atomic E-state index is 0.302. The summed E-state index contributed by atoms with van der Waals surface area (Å²) in [5, 5.41) is 4.61. The van der Waals surface area contributed by atoms with Gasteiger partial charge in [-0.2, -0.15) is 0 Å². The third kappa shape index (κ3) is 2.16. The zero-order valence-electron chi connectivity index (χ0n) is 12.8.